The Morgan fingerprint density at radius 2 is 2.22 bits per heavy atom. The molecular weight excluding hydrogens is 254 g/mol. The highest BCUT2D eigenvalue weighted by atomic mass is 35.5. The average molecular weight is 270 g/mol. The average Bonchev–Trinajstić information content (AvgIpc) is 2.36. The van der Waals surface area contributed by atoms with Crippen LogP contribution >= 0.6 is 11.6 Å². The van der Waals surface area contributed by atoms with Crippen molar-refractivity contribution in [3.63, 3.8) is 0 Å². The number of nitrogens with zero attached hydrogens (tertiary/aromatic N) is 1. The number of nitrogens with two attached hydrogens (primary N) is 1. The van der Waals surface area contributed by atoms with Crippen LogP contribution in [-0.2, 0) is 4.74 Å². The Bertz CT molecular complexity index is 413. The van der Waals surface area contributed by atoms with Gasteiger partial charge in [-0.15, -0.1) is 0 Å². The first-order valence-corrected chi connectivity index (χ1v) is 6.32. The molecule has 6 heteroatoms. The van der Waals surface area contributed by atoms with E-state index in [4.69, 9.17) is 22.1 Å². The van der Waals surface area contributed by atoms with Crippen molar-refractivity contribution in [1.29, 1.82) is 0 Å². The zero-order chi connectivity index (χ0) is 13.0. The van der Waals surface area contributed by atoms with Gasteiger partial charge in [-0.1, -0.05) is 11.6 Å². The van der Waals surface area contributed by atoms with Gasteiger partial charge in [-0.05, 0) is 30.9 Å². The Balaban J connectivity index is 1.90. The molecule has 0 unspecified atom stereocenters. The van der Waals surface area contributed by atoms with Crippen molar-refractivity contribution < 1.29 is 9.53 Å². The number of amides is 1. The van der Waals surface area contributed by atoms with Crippen molar-refractivity contribution >= 4 is 23.3 Å². The molecule has 5 nitrogen and oxygen atoms in total. The van der Waals surface area contributed by atoms with Crippen LogP contribution in [0.1, 0.15) is 23.2 Å². The van der Waals surface area contributed by atoms with E-state index in [0.717, 1.165) is 26.1 Å². The van der Waals surface area contributed by atoms with Gasteiger partial charge in [0.15, 0.2) is 0 Å². The van der Waals surface area contributed by atoms with Crippen LogP contribution in [-0.4, -0.2) is 30.6 Å². The molecule has 1 aliphatic rings. The summed E-state index contributed by atoms with van der Waals surface area (Å²) in [6.07, 6.45) is 1.97. The molecule has 0 aliphatic carbocycles. The van der Waals surface area contributed by atoms with E-state index >= 15 is 0 Å². The summed E-state index contributed by atoms with van der Waals surface area (Å²) in [5, 5.41) is 3.11. The van der Waals surface area contributed by atoms with Crippen molar-refractivity contribution in [1.82, 2.24) is 10.3 Å². The van der Waals surface area contributed by atoms with Crippen LogP contribution < -0.4 is 11.1 Å². The van der Waals surface area contributed by atoms with Gasteiger partial charge in [0, 0.05) is 25.3 Å². The van der Waals surface area contributed by atoms with Crippen LogP contribution in [0.15, 0.2) is 12.1 Å². The number of halogens is 1. The van der Waals surface area contributed by atoms with E-state index in [1.165, 1.54) is 12.1 Å². The Morgan fingerprint density at radius 1 is 1.50 bits per heavy atom. The SMILES string of the molecule is Nc1cc(C(=O)NCC2CCOCC2)cc(Cl)n1. The summed E-state index contributed by atoms with van der Waals surface area (Å²) in [4.78, 5) is 15.7. The zero-order valence-electron chi connectivity index (χ0n) is 9.99. The number of hydrogen-bond donors (Lipinski definition) is 2. The van der Waals surface area contributed by atoms with Crippen LogP contribution in [0.25, 0.3) is 0 Å². The normalized spacial score (nSPS) is 16.5. The summed E-state index contributed by atoms with van der Waals surface area (Å²) in [5.74, 6) is 0.563. The predicted octanol–water partition coefficient (Wildman–Crippen LogP) is 1.47. The molecule has 1 aromatic heterocycles. The van der Waals surface area contributed by atoms with E-state index in [-0.39, 0.29) is 16.9 Å². The third kappa shape index (κ3) is 3.58. The van der Waals surface area contributed by atoms with Crippen LogP contribution in [0.5, 0.6) is 0 Å². The van der Waals surface area contributed by atoms with Gasteiger partial charge < -0.3 is 15.8 Å². The van der Waals surface area contributed by atoms with Crippen molar-refractivity contribution in [3.8, 4) is 0 Å². The Morgan fingerprint density at radius 3 is 2.89 bits per heavy atom. The van der Waals surface area contributed by atoms with Crippen LogP contribution in [0.2, 0.25) is 5.15 Å². The van der Waals surface area contributed by atoms with Crippen molar-refractivity contribution in [3.05, 3.63) is 22.8 Å². The fourth-order valence-corrected chi connectivity index (χ4v) is 2.15. The summed E-state index contributed by atoms with van der Waals surface area (Å²) in [7, 11) is 0. The lowest BCUT2D eigenvalue weighted by atomic mass is 10.0. The molecule has 0 radical (unpaired) electrons. The van der Waals surface area contributed by atoms with Crippen molar-refractivity contribution in [2.24, 2.45) is 5.92 Å². The summed E-state index contributed by atoms with van der Waals surface area (Å²) in [6.45, 7) is 2.20. The molecule has 1 fully saturated rings. The summed E-state index contributed by atoms with van der Waals surface area (Å²) < 4.78 is 5.27. The molecule has 0 bridgehead atoms. The molecule has 0 saturated carbocycles. The van der Waals surface area contributed by atoms with Gasteiger partial charge in [0.1, 0.15) is 11.0 Å². The maximum atomic E-state index is 11.9. The molecule has 0 spiro atoms. The second-order valence-corrected chi connectivity index (χ2v) is 4.76. The molecule has 1 aliphatic heterocycles. The number of ether oxygens (including phenoxy) is 1. The first kappa shape index (κ1) is 13.1. The lowest BCUT2D eigenvalue weighted by molar-refractivity contribution is 0.0642. The second-order valence-electron chi connectivity index (χ2n) is 4.37. The van der Waals surface area contributed by atoms with Gasteiger partial charge in [-0.2, -0.15) is 0 Å². The first-order valence-electron chi connectivity index (χ1n) is 5.94. The van der Waals surface area contributed by atoms with E-state index in [2.05, 4.69) is 10.3 Å². The second kappa shape index (κ2) is 6.02. The topological polar surface area (TPSA) is 77.2 Å². The molecule has 1 amide bonds. The number of carbonyl (C=O) groups is 1. The molecule has 18 heavy (non-hydrogen) atoms. The Kier molecular flexibility index (Phi) is 4.38. The fraction of sp³-hybridized carbons (Fsp3) is 0.500. The smallest absolute Gasteiger partial charge is 0.251 e. The fourth-order valence-electron chi connectivity index (χ4n) is 1.94. The minimum atomic E-state index is -0.169. The maximum Gasteiger partial charge on any atom is 0.251 e. The van der Waals surface area contributed by atoms with Crippen molar-refractivity contribution in [2.75, 3.05) is 25.5 Å². The molecule has 1 aromatic rings. The molecule has 0 aromatic carbocycles. The van der Waals surface area contributed by atoms with Crippen molar-refractivity contribution in [2.45, 2.75) is 12.8 Å². The number of rotatable bonds is 3. The molecule has 0 atom stereocenters. The number of aromatic nitrogens is 1. The van der Waals surface area contributed by atoms with E-state index in [0.29, 0.717) is 18.0 Å². The van der Waals surface area contributed by atoms with Crippen LogP contribution in [0.3, 0.4) is 0 Å². The molecule has 2 rings (SSSR count). The number of nitrogen functional groups attached to an aromatic ring is 1. The minimum Gasteiger partial charge on any atom is -0.384 e. The van der Waals surface area contributed by atoms with Gasteiger partial charge in [0.25, 0.3) is 5.91 Å². The van der Waals surface area contributed by atoms with E-state index in [1.807, 2.05) is 0 Å². The van der Waals surface area contributed by atoms with Gasteiger partial charge >= 0.3 is 0 Å². The molecule has 1 saturated heterocycles. The lowest BCUT2D eigenvalue weighted by Crippen LogP contribution is -2.32. The number of nitrogens with one attached hydrogen (secondary N) is 1. The highest BCUT2D eigenvalue weighted by Gasteiger charge is 2.15. The number of anilines is 1. The standard InChI is InChI=1S/C12H16ClN3O2/c13-10-5-9(6-11(14)16-10)12(17)15-7-8-1-3-18-4-2-8/h5-6,8H,1-4,7H2,(H2,14,16)(H,15,17). The highest BCUT2D eigenvalue weighted by molar-refractivity contribution is 6.29. The van der Waals surface area contributed by atoms with E-state index in [1.54, 1.807) is 0 Å². The molecule has 2 heterocycles. The summed E-state index contributed by atoms with van der Waals surface area (Å²) >= 11 is 5.76. The molecule has 3 N–H and O–H groups in total. The molecule has 98 valence electrons. The van der Waals surface area contributed by atoms with E-state index in [9.17, 15) is 4.79 Å². The lowest BCUT2D eigenvalue weighted by Gasteiger charge is -2.22. The molecular formula is C12H16ClN3O2. The zero-order valence-corrected chi connectivity index (χ0v) is 10.7. The monoisotopic (exact) mass is 269 g/mol. The van der Waals surface area contributed by atoms with Gasteiger partial charge in [-0.3, -0.25) is 4.79 Å². The van der Waals surface area contributed by atoms with Crippen LogP contribution in [0.4, 0.5) is 5.82 Å². The van der Waals surface area contributed by atoms with Crippen LogP contribution in [0, 0.1) is 5.92 Å². The van der Waals surface area contributed by atoms with Gasteiger partial charge in [0.05, 0.1) is 0 Å². The highest BCUT2D eigenvalue weighted by Crippen LogP contribution is 2.15. The Hall–Kier alpha value is -1.33. The summed E-state index contributed by atoms with van der Waals surface area (Å²) in [6, 6.07) is 3.03. The first-order chi connectivity index (χ1) is 8.65. The number of carbonyl (C=O) groups excluding carboxylic acids is 1. The minimum absolute atomic E-state index is 0.169. The largest absolute Gasteiger partial charge is 0.384 e. The quantitative estimate of drug-likeness (QED) is 0.815. The van der Waals surface area contributed by atoms with E-state index < -0.39 is 0 Å². The maximum absolute atomic E-state index is 11.9. The van der Waals surface area contributed by atoms with Gasteiger partial charge in [0.2, 0.25) is 0 Å². The third-order valence-electron chi connectivity index (χ3n) is 2.97. The number of hydrogen-bond acceptors (Lipinski definition) is 4. The number of pyridine rings is 1. The predicted molar refractivity (Wildman–Crippen MR) is 69.5 cm³/mol. The van der Waals surface area contributed by atoms with Gasteiger partial charge in [-0.25, -0.2) is 4.98 Å². The third-order valence-corrected chi connectivity index (χ3v) is 3.16. The summed E-state index contributed by atoms with van der Waals surface area (Å²) in [5.41, 5.74) is 5.99. The Labute approximate surface area is 111 Å².